The summed E-state index contributed by atoms with van der Waals surface area (Å²) in [6.07, 6.45) is 1.37. The molecule has 1 heterocycles. The van der Waals surface area contributed by atoms with Crippen LogP contribution in [0.4, 0.5) is 0 Å². The number of H-pyrrole nitrogens is 1. The van der Waals surface area contributed by atoms with Gasteiger partial charge < -0.3 is 5.73 Å². The van der Waals surface area contributed by atoms with Crippen LogP contribution in [0.3, 0.4) is 0 Å². The molecule has 0 unspecified atom stereocenters. The monoisotopic (exact) mass is 190 g/mol. The molecule has 68 valence electrons. The zero-order valence-corrected chi connectivity index (χ0v) is 7.13. The second kappa shape index (κ2) is 3.65. The Kier molecular flexibility index (Phi) is 2.79. The molecule has 0 aromatic carbocycles. The molecule has 0 saturated heterocycles. The van der Waals surface area contributed by atoms with Gasteiger partial charge in [-0.15, -0.1) is 0 Å². The summed E-state index contributed by atoms with van der Waals surface area (Å²) in [5.74, 6) is 0. The Hall–Kier alpha value is -0.920. The fourth-order valence-corrected chi connectivity index (χ4v) is 1.62. The maximum Gasteiger partial charge on any atom is 0.257 e. The van der Waals surface area contributed by atoms with Crippen LogP contribution in [0.15, 0.2) is 17.3 Å². The van der Waals surface area contributed by atoms with Gasteiger partial charge in [-0.1, -0.05) is 0 Å². The van der Waals surface area contributed by atoms with E-state index in [0.29, 0.717) is 0 Å². The van der Waals surface area contributed by atoms with Crippen molar-refractivity contribution in [2.24, 2.45) is 5.73 Å². The highest BCUT2D eigenvalue weighted by Crippen LogP contribution is 2.00. The summed E-state index contributed by atoms with van der Waals surface area (Å²) in [5.41, 5.74) is 5.14. The third-order valence-electron chi connectivity index (χ3n) is 1.20. The van der Waals surface area contributed by atoms with Gasteiger partial charge in [0.1, 0.15) is 0 Å². The molecule has 6 nitrogen and oxygen atoms in total. The van der Waals surface area contributed by atoms with Gasteiger partial charge in [-0.25, -0.2) is 13.1 Å². The molecule has 0 aliphatic heterocycles. The topological polar surface area (TPSA) is 101 Å². The highest BCUT2D eigenvalue weighted by molar-refractivity contribution is 7.89. The molecule has 0 spiro atoms. The number of aromatic amines is 1. The van der Waals surface area contributed by atoms with Crippen LogP contribution < -0.4 is 10.5 Å². The summed E-state index contributed by atoms with van der Waals surface area (Å²) >= 11 is 0. The number of hydrogen-bond donors (Lipinski definition) is 3. The van der Waals surface area contributed by atoms with E-state index >= 15 is 0 Å². The van der Waals surface area contributed by atoms with Crippen LogP contribution in [-0.2, 0) is 10.0 Å². The maximum absolute atomic E-state index is 11.2. The van der Waals surface area contributed by atoms with Gasteiger partial charge in [-0.2, -0.15) is 5.10 Å². The van der Waals surface area contributed by atoms with Crippen LogP contribution in [0.25, 0.3) is 0 Å². The Morgan fingerprint density at radius 3 is 2.92 bits per heavy atom. The van der Waals surface area contributed by atoms with Crippen molar-refractivity contribution in [3.8, 4) is 0 Å². The predicted molar refractivity (Wildman–Crippen MR) is 42.8 cm³/mol. The summed E-state index contributed by atoms with van der Waals surface area (Å²) < 4.78 is 24.7. The molecule has 0 aliphatic carbocycles. The third-order valence-corrected chi connectivity index (χ3v) is 2.59. The van der Waals surface area contributed by atoms with Crippen LogP contribution in [0.5, 0.6) is 0 Å². The van der Waals surface area contributed by atoms with Crippen LogP contribution in [-0.4, -0.2) is 31.7 Å². The molecular weight excluding hydrogens is 180 g/mol. The first-order valence-electron chi connectivity index (χ1n) is 3.36. The summed E-state index contributed by atoms with van der Waals surface area (Å²) in [6.45, 7) is 0.495. The van der Waals surface area contributed by atoms with Gasteiger partial charge in [0.15, 0.2) is 5.03 Å². The first-order valence-corrected chi connectivity index (χ1v) is 4.84. The summed E-state index contributed by atoms with van der Waals surface area (Å²) in [4.78, 5) is 0. The van der Waals surface area contributed by atoms with Crippen molar-refractivity contribution in [2.45, 2.75) is 5.03 Å². The molecule has 4 N–H and O–H groups in total. The largest absolute Gasteiger partial charge is 0.329 e. The van der Waals surface area contributed by atoms with E-state index < -0.39 is 10.0 Å². The van der Waals surface area contributed by atoms with Gasteiger partial charge in [0, 0.05) is 13.1 Å². The SMILES string of the molecule is NCCNS(=O)(=O)c1ccn[nH]1. The Morgan fingerprint density at radius 1 is 1.67 bits per heavy atom. The lowest BCUT2D eigenvalue weighted by atomic mass is 10.7. The molecule has 1 rings (SSSR count). The second-order valence-corrected chi connectivity index (χ2v) is 3.84. The predicted octanol–water partition coefficient (Wildman–Crippen LogP) is -1.35. The van der Waals surface area contributed by atoms with Crippen LogP contribution in [0.2, 0.25) is 0 Å². The molecule has 1 aromatic rings. The summed E-state index contributed by atoms with van der Waals surface area (Å²) in [7, 11) is -3.43. The van der Waals surface area contributed by atoms with Crippen LogP contribution in [0.1, 0.15) is 0 Å². The number of nitrogens with zero attached hydrogens (tertiary/aromatic N) is 1. The Balaban J connectivity index is 2.74. The molecule has 1 aromatic heterocycles. The number of aromatic nitrogens is 2. The van der Waals surface area contributed by atoms with E-state index in [4.69, 9.17) is 5.73 Å². The standard InChI is InChI=1S/C5H10N4O2S/c6-2-4-8-12(10,11)5-1-3-7-9-5/h1,3,8H,2,4,6H2,(H,7,9). The zero-order chi connectivity index (χ0) is 9.03. The number of nitrogens with one attached hydrogen (secondary N) is 2. The molecule has 0 fully saturated rings. The van der Waals surface area contributed by atoms with Crippen molar-refractivity contribution in [1.82, 2.24) is 14.9 Å². The van der Waals surface area contributed by atoms with Crippen molar-refractivity contribution >= 4 is 10.0 Å². The molecule has 7 heteroatoms. The molecule has 0 aliphatic rings. The molecule has 0 saturated carbocycles. The third kappa shape index (κ3) is 2.03. The van der Waals surface area contributed by atoms with Crippen molar-refractivity contribution in [3.05, 3.63) is 12.3 Å². The molecular formula is C5H10N4O2S. The van der Waals surface area contributed by atoms with Crippen LogP contribution in [0, 0.1) is 0 Å². The number of hydrogen-bond acceptors (Lipinski definition) is 4. The molecule has 0 bridgehead atoms. The first kappa shape index (κ1) is 9.17. The zero-order valence-electron chi connectivity index (χ0n) is 6.32. The minimum absolute atomic E-state index is 0.0518. The lowest BCUT2D eigenvalue weighted by Crippen LogP contribution is -2.29. The first-order chi connectivity index (χ1) is 5.67. The van der Waals surface area contributed by atoms with Gasteiger partial charge >= 0.3 is 0 Å². The number of nitrogens with two attached hydrogens (primary N) is 1. The average molecular weight is 190 g/mol. The Bertz CT molecular complexity index is 317. The normalized spacial score (nSPS) is 11.8. The van der Waals surface area contributed by atoms with E-state index in [9.17, 15) is 8.42 Å². The molecule has 0 radical (unpaired) electrons. The summed E-state index contributed by atoms with van der Waals surface area (Å²) in [5, 5.41) is 5.92. The second-order valence-electron chi connectivity index (χ2n) is 2.11. The maximum atomic E-state index is 11.2. The van der Waals surface area contributed by atoms with Crippen molar-refractivity contribution in [1.29, 1.82) is 0 Å². The minimum atomic E-state index is -3.43. The lowest BCUT2D eigenvalue weighted by Gasteiger charge is -2.00. The minimum Gasteiger partial charge on any atom is -0.329 e. The fourth-order valence-electron chi connectivity index (χ4n) is 0.664. The van der Waals surface area contributed by atoms with Gasteiger partial charge in [0.25, 0.3) is 10.0 Å². The van der Waals surface area contributed by atoms with E-state index in [-0.39, 0.29) is 18.1 Å². The quantitative estimate of drug-likeness (QED) is 0.546. The van der Waals surface area contributed by atoms with Gasteiger partial charge in [-0.05, 0) is 6.07 Å². The van der Waals surface area contributed by atoms with E-state index in [1.807, 2.05) is 0 Å². The Labute approximate surface area is 70.2 Å². The summed E-state index contributed by atoms with van der Waals surface area (Å²) in [6, 6.07) is 1.37. The van der Waals surface area contributed by atoms with Crippen molar-refractivity contribution in [2.75, 3.05) is 13.1 Å². The van der Waals surface area contributed by atoms with E-state index in [2.05, 4.69) is 14.9 Å². The van der Waals surface area contributed by atoms with E-state index in [1.165, 1.54) is 12.3 Å². The van der Waals surface area contributed by atoms with Gasteiger partial charge in [-0.3, -0.25) is 5.10 Å². The number of sulfonamides is 1. The van der Waals surface area contributed by atoms with E-state index in [0.717, 1.165) is 0 Å². The molecule has 0 atom stereocenters. The lowest BCUT2D eigenvalue weighted by molar-refractivity contribution is 0.578. The van der Waals surface area contributed by atoms with E-state index in [1.54, 1.807) is 0 Å². The molecule has 0 amide bonds. The van der Waals surface area contributed by atoms with Gasteiger partial charge in [0.2, 0.25) is 0 Å². The average Bonchev–Trinajstić information content (AvgIpc) is 2.53. The molecule has 12 heavy (non-hydrogen) atoms. The van der Waals surface area contributed by atoms with Crippen molar-refractivity contribution < 1.29 is 8.42 Å². The highest BCUT2D eigenvalue weighted by atomic mass is 32.2. The van der Waals surface area contributed by atoms with Crippen LogP contribution >= 0.6 is 0 Å². The van der Waals surface area contributed by atoms with Crippen molar-refractivity contribution in [3.63, 3.8) is 0 Å². The van der Waals surface area contributed by atoms with Gasteiger partial charge in [0.05, 0.1) is 6.20 Å². The fraction of sp³-hybridized carbons (Fsp3) is 0.400. The smallest absolute Gasteiger partial charge is 0.257 e. The Morgan fingerprint density at radius 2 is 2.42 bits per heavy atom. The highest BCUT2D eigenvalue weighted by Gasteiger charge is 2.13. The number of rotatable bonds is 4.